The lowest BCUT2D eigenvalue weighted by Gasteiger charge is -2.28. The van der Waals surface area contributed by atoms with Gasteiger partial charge in [-0.3, -0.25) is 9.59 Å². The molecule has 5 nitrogen and oxygen atoms in total. The number of amides is 1. The van der Waals surface area contributed by atoms with E-state index in [1.165, 1.54) is 12.1 Å². The van der Waals surface area contributed by atoms with Gasteiger partial charge in [-0.25, -0.2) is 0 Å². The third-order valence-corrected chi connectivity index (χ3v) is 3.64. The molecule has 0 bridgehead atoms. The van der Waals surface area contributed by atoms with Crippen LogP contribution in [0.2, 0.25) is 0 Å². The van der Waals surface area contributed by atoms with Crippen LogP contribution in [0.4, 0.5) is 0 Å². The molecule has 1 amide bonds. The molecule has 5 heteroatoms. The van der Waals surface area contributed by atoms with Crippen molar-refractivity contribution >= 4 is 11.7 Å². The molecule has 0 saturated carbocycles. The molecule has 1 unspecified atom stereocenters. The number of rotatable bonds is 3. The Morgan fingerprint density at radius 2 is 1.90 bits per heavy atom. The Labute approximate surface area is 117 Å². The third-order valence-electron chi connectivity index (χ3n) is 3.64. The normalized spacial score (nSPS) is 17.1. The summed E-state index contributed by atoms with van der Waals surface area (Å²) >= 11 is 0. The summed E-state index contributed by atoms with van der Waals surface area (Å²) in [6, 6.07) is 4.58. The molecule has 0 radical (unpaired) electrons. The minimum absolute atomic E-state index is 0.0325. The van der Waals surface area contributed by atoms with Gasteiger partial charge in [0.25, 0.3) is 0 Å². The van der Waals surface area contributed by atoms with Gasteiger partial charge in [0.2, 0.25) is 5.91 Å². The quantitative estimate of drug-likeness (QED) is 0.820. The second-order valence-electron chi connectivity index (χ2n) is 5.29. The number of benzene rings is 1. The number of carbonyl (C=O) groups excluding carboxylic acids is 2. The fraction of sp³-hybridized carbons (Fsp3) is 0.467. The molecule has 1 aromatic carbocycles. The van der Waals surface area contributed by atoms with Crippen molar-refractivity contribution in [3.8, 4) is 11.5 Å². The number of likely N-dealkylation sites (tertiary alicyclic amines) is 1. The standard InChI is InChI=1S/C15H19NO4/c1-10(8-11-2-3-13(18)14(19)9-11)15(20)16-6-4-12(17)5-7-16/h2-3,9-10,18-19H,4-8H2,1H3. The highest BCUT2D eigenvalue weighted by atomic mass is 16.3. The zero-order valence-electron chi connectivity index (χ0n) is 11.5. The first-order valence-corrected chi connectivity index (χ1v) is 6.78. The van der Waals surface area contributed by atoms with E-state index in [1.54, 1.807) is 11.0 Å². The van der Waals surface area contributed by atoms with E-state index >= 15 is 0 Å². The minimum atomic E-state index is -0.216. The van der Waals surface area contributed by atoms with E-state index in [2.05, 4.69) is 0 Å². The number of piperidine rings is 1. The van der Waals surface area contributed by atoms with E-state index in [-0.39, 0.29) is 29.1 Å². The number of carbonyl (C=O) groups is 2. The van der Waals surface area contributed by atoms with Crippen LogP contribution in [0.15, 0.2) is 18.2 Å². The van der Waals surface area contributed by atoms with Gasteiger partial charge >= 0.3 is 0 Å². The third kappa shape index (κ3) is 3.29. The summed E-state index contributed by atoms with van der Waals surface area (Å²) < 4.78 is 0. The highest BCUT2D eigenvalue weighted by Gasteiger charge is 2.24. The number of ketones is 1. The topological polar surface area (TPSA) is 77.8 Å². The van der Waals surface area contributed by atoms with Crippen LogP contribution in [0.5, 0.6) is 11.5 Å². The maximum absolute atomic E-state index is 12.3. The van der Waals surface area contributed by atoms with Crippen LogP contribution < -0.4 is 0 Å². The van der Waals surface area contributed by atoms with Crippen molar-refractivity contribution < 1.29 is 19.8 Å². The Balaban J connectivity index is 1.96. The van der Waals surface area contributed by atoms with Crippen LogP contribution in [0, 0.1) is 5.92 Å². The molecule has 108 valence electrons. The first kappa shape index (κ1) is 14.4. The van der Waals surface area contributed by atoms with Gasteiger partial charge in [0, 0.05) is 31.8 Å². The second kappa shape index (κ2) is 5.94. The number of phenols is 2. The summed E-state index contributed by atoms with van der Waals surface area (Å²) in [5.41, 5.74) is 0.800. The largest absolute Gasteiger partial charge is 0.504 e. The summed E-state index contributed by atoms with van der Waals surface area (Å²) in [4.78, 5) is 25.2. The van der Waals surface area contributed by atoms with Gasteiger partial charge in [0.05, 0.1) is 0 Å². The monoisotopic (exact) mass is 277 g/mol. The predicted octanol–water partition coefficient (Wildman–Crippen LogP) is 1.47. The van der Waals surface area contributed by atoms with E-state index in [1.807, 2.05) is 6.92 Å². The van der Waals surface area contributed by atoms with E-state index < -0.39 is 0 Å². The van der Waals surface area contributed by atoms with Crippen LogP contribution in [-0.2, 0) is 16.0 Å². The summed E-state index contributed by atoms with van der Waals surface area (Å²) in [5.74, 6) is -0.310. The van der Waals surface area contributed by atoms with Gasteiger partial charge in [-0.1, -0.05) is 13.0 Å². The first-order valence-electron chi connectivity index (χ1n) is 6.78. The molecule has 1 aliphatic heterocycles. The molecule has 1 aromatic rings. The molecule has 2 N–H and O–H groups in total. The van der Waals surface area contributed by atoms with Gasteiger partial charge in [0.15, 0.2) is 11.5 Å². The van der Waals surface area contributed by atoms with Crippen LogP contribution in [0.3, 0.4) is 0 Å². The maximum Gasteiger partial charge on any atom is 0.225 e. The van der Waals surface area contributed by atoms with Crippen LogP contribution in [0.25, 0.3) is 0 Å². The molecule has 2 rings (SSSR count). The number of phenolic OH excluding ortho intramolecular Hbond substituents is 2. The Hall–Kier alpha value is -2.04. The van der Waals surface area contributed by atoms with Crippen molar-refractivity contribution in [3.63, 3.8) is 0 Å². The molecule has 1 atom stereocenters. The molecule has 1 heterocycles. The Bertz CT molecular complexity index is 517. The maximum atomic E-state index is 12.3. The number of aromatic hydroxyl groups is 2. The lowest BCUT2D eigenvalue weighted by molar-refractivity contribution is -0.137. The molecule has 1 fully saturated rings. The molecule has 20 heavy (non-hydrogen) atoms. The number of nitrogens with zero attached hydrogens (tertiary/aromatic N) is 1. The SMILES string of the molecule is CC(Cc1ccc(O)c(O)c1)C(=O)N1CCC(=O)CC1. The molecular formula is C15H19NO4. The van der Waals surface area contributed by atoms with Crippen molar-refractivity contribution in [1.29, 1.82) is 0 Å². The zero-order chi connectivity index (χ0) is 14.7. The highest BCUT2D eigenvalue weighted by Crippen LogP contribution is 2.26. The second-order valence-corrected chi connectivity index (χ2v) is 5.29. The van der Waals surface area contributed by atoms with Crippen LogP contribution in [-0.4, -0.2) is 39.9 Å². The smallest absolute Gasteiger partial charge is 0.225 e. The van der Waals surface area contributed by atoms with Gasteiger partial charge in [-0.05, 0) is 24.1 Å². The van der Waals surface area contributed by atoms with Gasteiger partial charge in [-0.2, -0.15) is 0 Å². The van der Waals surface area contributed by atoms with E-state index in [9.17, 15) is 19.8 Å². The van der Waals surface area contributed by atoms with E-state index in [0.717, 1.165) is 5.56 Å². The van der Waals surface area contributed by atoms with Crippen molar-refractivity contribution in [2.24, 2.45) is 5.92 Å². The Morgan fingerprint density at radius 1 is 1.25 bits per heavy atom. The zero-order valence-corrected chi connectivity index (χ0v) is 11.5. The van der Waals surface area contributed by atoms with Crippen molar-refractivity contribution in [2.45, 2.75) is 26.2 Å². The van der Waals surface area contributed by atoms with Crippen LogP contribution in [0.1, 0.15) is 25.3 Å². The average Bonchev–Trinajstić information content (AvgIpc) is 2.43. The summed E-state index contributed by atoms with van der Waals surface area (Å²) in [6.45, 7) is 2.84. The fourth-order valence-electron chi connectivity index (χ4n) is 2.43. The molecular weight excluding hydrogens is 258 g/mol. The summed E-state index contributed by atoms with van der Waals surface area (Å²) in [5, 5.41) is 18.7. The van der Waals surface area contributed by atoms with E-state index in [0.29, 0.717) is 32.4 Å². The minimum Gasteiger partial charge on any atom is -0.504 e. The predicted molar refractivity (Wildman–Crippen MR) is 73.5 cm³/mol. The summed E-state index contributed by atoms with van der Waals surface area (Å²) in [6.07, 6.45) is 1.38. The van der Waals surface area contributed by atoms with Crippen molar-refractivity contribution in [1.82, 2.24) is 4.90 Å². The molecule has 0 aliphatic carbocycles. The molecule has 0 aromatic heterocycles. The van der Waals surface area contributed by atoms with Crippen molar-refractivity contribution in [3.05, 3.63) is 23.8 Å². The lowest BCUT2D eigenvalue weighted by atomic mass is 9.98. The summed E-state index contributed by atoms with van der Waals surface area (Å²) in [7, 11) is 0. The highest BCUT2D eigenvalue weighted by molar-refractivity contribution is 5.84. The lowest BCUT2D eigenvalue weighted by Crippen LogP contribution is -2.41. The van der Waals surface area contributed by atoms with E-state index in [4.69, 9.17) is 0 Å². The molecule has 1 aliphatic rings. The van der Waals surface area contributed by atoms with Gasteiger partial charge < -0.3 is 15.1 Å². The fourth-order valence-corrected chi connectivity index (χ4v) is 2.43. The molecule has 1 saturated heterocycles. The Kier molecular flexibility index (Phi) is 4.27. The first-order chi connectivity index (χ1) is 9.47. The number of hydrogen-bond donors (Lipinski definition) is 2. The number of Topliss-reactive ketones (excluding diaryl/α,β-unsaturated/α-hetero) is 1. The Morgan fingerprint density at radius 3 is 2.50 bits per heavy atom. The number of hydrogen-bond acceptors (Lipinski definition) is 4. The van der Waals surface area contributed by atoms with Crippen molar-refractivity contribution in [2.75, 3.05) is 13.1 Å². The van der Waals surface area contributed by atoms with Crippen LogP contribution >= 0.6 is 0 Å². The van der Waals surface area contributed by atoms with Gasteiger partial charge in [0.1, 0.15) is 5.78 Å². The van der Waals surface area contributed by atoms with Gasteiger partial charge in [-0.15, -0.1) is 0 Å². The molecule has 0 spiro atoms. The average molecular weight is 277 g/mol.